The van der Waals surface area contributed by atoms with E-state index in [0.717, 1.165) is 24.0 Å². The standard InChI is InChI=1S/C8H11NO3S2/c10-14(11)6-7(5-9-14)12-8-3-1-2-4-13-8/h5-6,8H,1-4H2. The molecule has 0 N–H and O–H groups in total. The van der Waals surface area contributed by atoms with Crippen molar-refractivity contribution in [3.63, 3.8) is 0 Å². The van der Waals surface area contributed by atoms with Gasteiger partial charge in [-0.1, -0.05) is 0 Å². The van der Waals surface area contributed by atoms with E-state index in [1.807, 2.05) is 0 Å². The van der Waals surface area contributed by atoms with Gasteiger partial charge in [-0.2, -0.15) is 12.8 Å². The van der Waals surface area contributed by atoms with Crippen LogP contribution in [0.4, 0.5) is 0 Å². The fourth-order valence-corrected chi connectivity index (χ4v) is 3.21. The van der Waals surface area contributed by atoms with Gasteiger partial charge >= 0.3 is 0 Å². The van der Waals surface area contributed by atoms with Gasteiger partial charge in [0.05, 0.1) is 11.6 Å². The molecule has 0 aliphatic carbocycles. The van der Waals surface area contributed by atoms with Crippen LogP contribution in [0.2, 0.25) is 0 Å². The van der Waals surface area contributed by atoms with Crippen molar-refractivity contribution in [2.24, 2.45) is 4.40 Å². The third kappa shape index (κ3) is 2.51. The normalized spacial score (nSPS) is 30.0. The molecule has 2 rings (SSSR count). The maximum absolute atomic E-state index is 10.9. The van der Waals surface area contributed by atoms with Gasteiger partial charge in [0.25, 0.3) is 10.0 Å². The zero-order valence-electron chi connectivity index (χ0n) is 7.55. The Labute approximate surface area is 87.5 Å². The molecule has 0 spiro atoms. The highest BCUT2D eigenvalue weighted by atomic mass is 32.2. The highest BCUT2D eigenvalue weighted by Crippen LogP contribution is 2.28. The van der Waals surface area contributed by atoms with E-state index in [1.165, 1.54) is 12.6 Å². The van der Waals surface area contributed by atoms with Gasteiger partial charge in [0.15, 0.2) is 5.76 Å². The van der Waals surface area contributed by atoms with Crippen molar-refractivity contribution in [2.75, 3.05) is 5.75 Å². The molecule has 6 heteroatoms. The van der Waals surface area contributed by atoms with Crippen LogP contribution in [0, 0.1) is 0 Å². The lowest BCUT2D eigenvalue weighted by atomic mass is 10.2. The minimum absolute atomic E-state index is 0.0924. The molecule has 0 radical (unpaired) electrons. The number of nitrogens with zero attached hydrogens (tertiary/aromatic N) is 1. The summed E-state index contributed by atoms with van der Waals surface area (Å²) in [5.74, 6) is 1.45. The Bertz CT molecular complexity index is 366. The van der Waals surface area contributed by atoms with E-state index in [-0.39, 0.29) is 5.44 Å². The summed E-state index contributed by atoms with van der Waals surface area (Å²) in [6.45, 7) is 0. The predicted octanol–water partition coefficient (Wildman–Crippen LogP) is 1.50. The molecule has 1 saturated heterocycles. The summed E-state index contributed by atoms with van der Waals surface area (Å²) in [5, 5.41) is 1.07. The molecule has 14 heavy (non-hydrogen) atoms. The van der Waals surface area contributed by atoms with Gasteiger partial charge in [-0.15, -0.1) is 11.8 Å². The van der Waals surface area contributed by atoms with Crippen LogP contribution in [0.1, 0.15) is 19.3 Å². The number of sulfonamides is 1. The highest BCUT2D eigenvalue weighted by molar-refractivity contribution is 7.99. The number of hydrogen-bond acceptors (Lipinski definition) is 4. The number of ether oxygens (including phenoxy) is 1. The Balaban J connectivity index is 1.96. The zero-order chi connectivity index (χ0) is 10.0. The molecular formula is C8H11NO3S2. The second kappa shape index (κ2) is 3.94. The van der Waals surface area contributed by atoms with E-state index in [4.69, 9.17) is 4.74 Å². The Hall–Kier alpha value is -0.490. The number of allylic oxidation sites excluding steroid dienone is 1. The summed E-state index contributed by atoms with van der Waals surface area (Å²) in [4.78, 5) is 0. The third-order valence-electron chi connectivity index (χ3n) is 2.00. The fraction of sp³-hybridized carbons (Fsp3) is 0.625. The van der Waals surface area contributed by atoms with Crippen molar-refractivity contribution in [3.05, 3.63) is 11.2 Å². The maximum atomic E-state index is 10.9. The second-order valence-corrected chi connectivity index (χ2v) is 5.93. The molecular weight excluding hydrogens is 222 g/mol. The second-order valence-electron chi connectivity index (χ2n) is 3.18. The molecule has 0 aromatic rings. The molecule has 78 valence electrons. The van der Waals surface area contributed by atoms with E-state index >= 15 is 0 Å². The maximum Gasteiger partial charge on any atom is 0.279 e. The minimum atomic E-state index is -3.37. The number of thioether (sulfide) groups is 1. The van der Waals surface area contributed by atoms with Crippen molar-refractivity contribution < 1.29 is 13.2 Å². The van der Waals surface area contributed by atoms with E-state index in [1.54, 1.807) is 11.8 Å². The van der Waals surface area contributed by atoms with Gasteiger partial charge in [-0.25, -0.2) is 0 Å². The summed E-state index contributed by atoms with van der Waals surface area (Å²) in [5.41, 5.74) is 0.0924. The van der Waals surface area contributed by atoms with Crippen molar-refractivity contribution in [1.29, 1.82) is 0 Å². The van der Waals surface area contributed by atoms with E-state index in [0.29, 0.717) is 5.76 Å². The van der Waals surface area contributed by atoms with Crippen LogP contribution in [0.25, 0.3) is 0 Å². The van der Waals surface area contributed by atoms with Crippen molar-refractivity contribution in [1.82, 2.24) is 0 Å². The summed E-state index contributed by atoms with van der Waals surface area (Å²) >= 11 is 1.73. The molecule has 0 amide bonds. The first-order valence-corrected chi connectivity index (χ1v) is 7.01. The molecule has 1 fully saturated rings. The van der Waals surface area contributed by atoms with Gasteiger partial charge in [-0.3, -0.25) is 0 Å². The average molecular weight is 233 g/mol. The summed E-state index contributed by atoms with van der Waals surface area (Å²) in [6.07, 6.45) is 4.62. The first-order chi connectivity index (χ1) is 6.66. The van der Waals surface area contributed by atoms with E-state index < -0.39 is 10.0 Å². The monoisotopic (exact) mass is 233 g/mol. The summed E-state index contributed by atoms with van der Waals surface area (Å²) < 4.78 is 30.7. The van der Waals surface area contributed by atoms with E-state index in [2.05, 4.69) is 4.40 Å². The van der Waals surface area contributed by atoms with E-state index in [9.17, 15) is 8.42 Å². The highest BCUT2D eigenvalue weighted by Gasteiger charge is 2.20. The molecule has 1 unspecified atom stereocenters. The third-order valence-corrected chi connectivity index (χ3v) is 4.15. The predicted molar refractivity (Wildman–Crippen MR) is 56.7 cm³/mol. The quantitative estimate of drug-likeness (QED) is 0.725. The largest absolute Gasteiger partial charge is 0.477 e. The van der Waals surface area contributed by atoms with Crippen LogP contribution in [-0.4, -0.2) is 25.8 Å². The Kier molecular flexibility index (Phi) is 2.83. The SMILES string of the molecule is O=S1(=O)C=C(OC2CCCCS2)C=N1. The Morgan fingerprint density at radius 1 is 1.50 bits per heavy atom. The molecule has 2 aliphatic rings. The van der Waals surface area contributed by atoms with Crippen LogP contribution < -0.4 is 0 Å². The first kappa shape index (κ1) is 10.0. The number of hydrogen-bond donors (Lipinski definition) is 0. The Morgan fingerprint density at radius 2 is 2.36 bits per heavy atom. The topological polar surface area (TPSA) is 55.7 Å². The lowest BCUT2D eigenvalue weighted by molar-refractivity contribution is 0.192. The molecule has 0 bridgehead atoms. The average Bonchev–Trinajstić information content (AvgIpc) is 2.47. The summed E-state index contributed by atoms with van der Waals surface area (Å²) in [7, 11) is -3.37. The summed E-state index contributed by atoms with van der Waals surface area (Å²) in [6, 6.07) is 0. The van der Waals surface area contributed by atoms with Crippen LogP contribution in [0.5, 0.6) is 0 Å². The molecule has 0 aromatic heterocycles. The van der Waals surface area contributed by atoms with Crippen molar-refractivity contribution in [3.8, 4) is 0 Å². The van der Waals surface area contributed by atoms with Gasteiger partial charge in [-0.05, 0) is 25.0 Å². The lowest BCUT2D eigenvalue weighted by Gasteiger charge is -2.21. The lowest BCUT2D eigenvalue weighted by Crippen LogP contribution is -2.13. The molecule has 2 aliphatic heterocycles. The fourth-order valence-electron chi connectivity index (χ4n) is 1.35. The van der Waals surface area contributed by atoms with Gasteiger partial charge < -0.3 is 4.74 Å². The molecule has 1 atom stereocenters. The molecule has 0 aromatic carbocycles. The first-order valence-electron chi connectivity index (χ1n) is 4.46. The van der Waals surface area contributed by atoms with Crippen LogP contribution in [-0.2, 0) is 14.8 Å². The molecule has 0 saturated carbocycles. The minimum Gasteiger partial charge on any atom is -0.477 e. The zero-order valence-corrected chi connectivity index (χ0v) is 9.18. The molecule has 4 nitrogen and oxygen atoms in total. The smallest absolute Gasteiger partial charge is 0.279 e. The number of rotatable bonds is 2. The van der Waals surface area contributed by atoms with Gasteiger partial charge in [0.2, 0.25) is 0 Å². The van der Waals surface area contributed by atoms with Gasteiger partial charge in [0.1, 0.15) is 5.44 Å². The van der Waals surface area contributed by atoms with Crippen molar-refractivity contribution >= 4 is 28.0 Å². The van der Waals surface area contributed by atoms with Crippen LogP contribution in [0.15, 0.2) is 15.6 Å². The van der Waals surface area contributed by atoms with Crippen LogP contribution in [0.3, 0.4) is 0 Å². The van der Waals surface area contributed by atoms with Gasteiger partial charge in [0, 0.05) is 0 Å². The molecule has 2 heterocycles. The van der Waals surface area contributed by atoms with Crippen molar-refractivity contribution in [2.45, 2.75) is 24.7 Å². The Morgan fingerprint density at radius 3 is 2.93 bits per heavy atom. The van der Waals surface area contributed by atoms with Crippen LogP contribution >= 0.6 is 11.8 Å².